The molecule has 1 aromatic rings. The normalized spacial score (nSPS) is 9.88. The largest absolute Gasteiger partial charge is 0.496 e. The Bertz CT molecular complexity index is 402. The van der Waals surface area contributed by atoms with Gasteiger partial charge in [-0.3, -0.25) is 4.79 Å². The molecule has 1 rings (SSSR count). The molecule has 94 valence electrons. The predicted octanol–water partition coefficient (Wildman–Crippen LogP) is 2.04. The number of benzene rings is 1. The van der Waals surface area contributed by atoms with Crippen molar-refractivity contribution in [1.29, 1.82) is 0 Å². The van der Waals surface area contributed by atoms with Crippen LogP contribution in [0.15, 0.2) is 12.1 Å². The Hall–Kier alpha value is -1.71. The molecule has 0 heterocycles. The zero-order chi connectivity index (χ0) is 12.8. The van der Waals surface area contributed by atoms with Crippen LogP contribution in [0.4, 0.5) is 0 Å². The number of aryl methyl sites for hydroxylation is 1. The molecule has 0 fully saturated rings. The van der Waals surface area contributed by atoms with Gasteiger partial charge >= 0.3 is 0 Å². The first-order valence-electron chi connectivity index (χ1n) is 5.60. The Kier molecular flexibility index (Phi) is 4.82. The van der Waals surface area contributed by atoms with Crippen molar-refractivity contribution in [2.75, 3.05) is 14.2 Å². The van der Waals surface area contributed by atoms with Crippen LogP contribution in [0, 0.1) is 6.92 Å². The smallest absolute Gasteiger partial charge is 0.219 e. The van der Waals surface area contributed by atoms with E-state index in [9.17, 15) is 4.79 Å². The molecule has 17 heavy (non-hydrogen) atoms. The summed E-state index contributed by atoms with van der Waals surface area (Å²) >= 11 is 0. The molecule has 0 aliphatic heterocycles. The van der Waals surface area contributed by atoms with E-state index in [2.05, 4.69) is 5.32 Å². The Labute approximate surface area is 102 Å². The van der Waals surface area contributed by atoms with Gasteiger partial charge in [-0.2, -0.15) is 0 Å². The van der Waals surface area contributed by atoms with Gasteiger partial charge in [0, 0.05) is 18.5 Å². The van der Waals surface area contributed by atoms with Gasteiger partial charge in [-0.15, -0.1) is 0 Å². The average Bonchev–Trinajstić information content (AvgIpc) is 2.36. The van der Waals surface area contributed by atoms with E-state index in [4.69, 9.17) is 9.47 Å². The van der Waals surface area contributed by atoms with Gasteiger partial charge in [-0.1, -0.05) is 6.92 Å². The van der Waals surface area contributed by atoms with E-state index < -0.39 is 0 Å². The molecule has 0 saturated heterocycles. The lowest BCUT2D eigenvalue weighted by Crippen LogP contribution is -2.21. The van der Waals surface area contributed by atoms with E-state index >= 15 is 0 Å². The third-order valence-corrected chi connectivity index (χ3v) is 2.60. The summed E-state index contributed by atoms with van der Waals surface area (Å²) in [6.45, 7) is 4.23. The molecule has 1 N–H and O–H groups in total. The number of hydrogen-bond acceptors (Lipinski definition) is 3. The van der Waals surface area contributed by atoms with Crippen molar-refractivity contribution in [3.63, 3.8) is 0 Å². The number of nitrogens with one attached hydrogen (secondary N) is 1. The fourth-order valence-corrected chi connectivity index (χ4v) is 1.57. The topological polar surface area (TPSA) is 47.6 Å². The molecule has 4 heteroatoms. The molecule has 0 aliphatic carbocycles. The van der Waals surface area contributed by atoms with Gasteiger partial charge in [0.25, 0.3) is 0 Å². The maximum absolute atomic E-state index is 11.2. The van der Waals surface area contributed by atoms with E-state index in [1.54, 1.807) is 14.2 Å². The van der Waals surface area contributed by atoms with Crippen LogP contribution in [-0.4, -0.2) is 20.1 Å². The molecular weight excluding hydrogens is 218 g/mol. The molecule has 0 spiro atoms. The summed E-state index contributed by atoms with van der Waals surface area (Å²) in [7, 11) is 3.25. The summed E-state index contributed by atoms with van der Waals surface area (Å²) in [5, 5.41) is 2.82. The molecular formula is C13H19NO3. The minimum atomic E-state index is 0.0200. The number of carbonyl (C=O) groups is 1. The van der Waals surface area contributed by atoms with E-state index in [0.29, 0.717) is 13.0 Å². The Morgan fingerprint density at radius 2 is 1.88 bits per heavy atom. The highest BCUT2D eigenvalue weighted by molar-refractivity contribution is 5.75. The SMILES string of the molecule is CCC(=O)NCc1cc(OC)c(C)cc1OC. The second-order valence-electron chi connectivity index (χ2n) is 3.76. The fourth-order valence-electron chi connectivity index (χ4n) is 1.57. The van der Waals surface area contributed by atoms with Gasteiger partial charge < -0.3 is 14.8 Å². The van der Waals surface area contributed by atoms with Crippen molar-refractivity contribution >= 4 is 5.91 Å². The van der Waals surface area contributed by atoms with Crippen LogP contribution in [0.1, 0.15) is 24.5 Å². The van der Waals surface area contributed by atoms with Crippen molar-refractivity contribution in [3.05, 3.63) is 23.3 Å². The minimum absolute atomic E-state index is 0.0200. The van der Waals surface area contributed by atoms with Crippen LogP contribution >= 0.6 is 0 Å². The average molecular weight is 237 g/mol. The lowest BCUT2D eigenvalue weighted by Gasteiger charge is -2.13. The Morgan fingerprint density at radius 1 is 1.24 bits per heavy atom. The lowest BCUT2D eigenvalue weighted by atomic mass is 10.1. The highest BCUT2D eigenvalue weighted by Crippen LogP contribution is 2.28. The Balaban J connectivity index is 2.92. The highest BCUT2D eigenvalue weighted by Gasteiger charge is 2.09. The third-order valence-electron chi connectivity index (χ3n) is 2.60. The van der Waals surface area contributed by atoms with Gasteiger partial charge in [0.1, 0.15) is 11.5 Å². The van der Waals surface area contributed by atoms with Crippen LogP contribution < -0.4 is 14.8 Å². The third kappa shape index (κ3) is 3.37. The van der Waals surface area contributed by atoms with Gasteiger partial charge in [0.15, 0.2) is 0 Å². The molecule has 0 unspecified atom stereocenters. The first-order valence-corrected chi connectivity index (χ1v) is 5.60. The molecule has 0 aliphatic rings. The number of methoxy groups -OCH3 is 2. The molecule has 0 radical (unpaired) electrons. The summed E-state index contributed by atoms with van der Waals surface area (Å²) in [4.78, 5) is 11.2. The molecule has 1 amide bonds. The molecule has 0 saturated carbocycles. The number of carbonyl (C=O) groups excluding carboxylic acids is 1. The molecule has 1 aromatic carbocycles. The van der Waals surface area contributed by atoms with Gasteiger partial charge in [0.05, 0.1) is 14.2 Å². The second-order valence-corrected chi connectivity index (χ2v) is 3.76. The van der Waals surface area contributed by atoms with Crippen LogP contribution in [0.2, 0.25) is 0 Å². The molecule has 0 bridgehead atoms. The van der Waals surface area contributed by atoms with Crippen molar-refractivity contribution < 1.29 is 14.3 Å². The summed E-state index contributed by atoms with van der Waals surface area (Å²) in [5.74, 6) is 1.58. The van der Waals surface area contributed by atoms with Crippen molar-refractivity contribution in [2.24, 2.45) is 0 Å². The maximum atomic E-state index is 11.2. The van der Waals surface area contributed by atoms with Crippen molar-refractivity contribution in [1.82, 2.24) is 5.32 Å². The zero-order valence-corrected chi connectivity index (χ0v) is 10.8. The number of amides is 1. The van der Waals surface area contributed by atoms with E-state index in [0.717, 1.165) is 22.6 Å². The highest BCUT2D eigenvalue weighted by atomic mass is 16.5. The number of rotatable bonds is 5. The van der Waals surface area contributed by atoms with Crippen molar-refractivity contribution in [3.8, 4) is 11.5 Å². The number of hydrogen-bond donors (Lipinski definition) is 1. The standard InChI is InChI=1S/C13H19NO3/c1-5-13(15)14-8-10-7-11(16-3)9(2)6-12(10)17-4/h6-7H,5,8H2,1-4H3,(H,14,15). The van der Waals surface area contributed by atoms with Crippen LogP contribution in [0.5, 0.6) is 11.5 Å². The number of ether oxygens (including phenoxy) is 2. The summed E-state index contributed by atoms with van der Waals surface area (Å²) in [5.41, 5.74) is 1.92. The van der Waals surface area contributed by atoms with Crippen LogP contribution in [0.3, 0.4) is 0 Å². The van der Waals surface area contributed by atoms with Crippen LogP contribution in [-0.2, 0) is 11.3 Å². The summed E-state index contributed by atoms with van der Waals surface area (Å²) in [6, 6.07) is 3.80. The summed E-state index contributed by atoms with van der Waals surface area (Å²) < 4.78 is 10.5. The Morgan fingerprint density at radius 3 is 2.41 bits per heavy atom. The minimum Gasteiger partial charge on any atom is -0.496 e. The first-order chi connectivity index (χ1) is 8.12. The quantitative estimate of drug-likeness (QED) is 0.852. The molecule has 0 atom stereocenters. The maximum Gasteiger partial charge on any atom is 0.219 e. The van der Waals surface area contributed by atoms with Gasteiger partial charge in [0.2, 0.25) is 5.91 Å². The van der Waals surface area contributed by atoms with Gasteiger partial charge in [-0.25, -0.2) is 0 Å². The zero-order valence-electron chi connectivity index (χ0n) is 10.8. The van der Waals surface area contributed by atoms with Gasteiger partial charge in [-0.05, 0) is 24.6 Å². The van der Waals surface area contributed by atoms with Crippen LogP contribution in [0.25, 0.3) is 0 Å². The predicted molar refractivity (Wildman–Crippen MR) is 66.4 cm³/mol. The van der Waals surface area contributed by atoms with Crippen molar-refractivity contribution in [2.45, 2.75) is 26.8 Å². The first kappa shape index (κ1) is 13.4. The monoisotopic (exact) mass is 237 g/mol. The summed E-state index contributed by atoms with van der Waals surface area (Å²) in [6.07, 6.45) is 0.477. The molecule has 0 aromatic heterocycles. The van der Waals surface area contributed by atoms with E-state index in [1.807, 2.05) is 26.0 Å². The van der Waals surface area contributed by atoms with E-state index in [1.165, 1.54) is 0 Å². The second kappa shape index (κ2) is 6.13. The van der Waals surface area contributed by atoms with E-state index in [-0.39, 0.29) is 5.91 Å². The fraction of sp³-hybridized carbons (Fsp3) is 0.462. The molecule has 4 nitrogen and oxygen atoms in total. The lowest BCUT2D eigenvalue weighted by molar-refractivity contribution is -0.120.